The summed E-state index contributed by atoms with van der Waals surface area (Å²) >= 11 is 0. The number of hydrogen-bond acceptors (Lipinski definition) is 3. The van der Waals surface area contributed by atoms with Gasteiger partial charge in [0.2, 0.25) is 5.89 Å². The van der Waals surface area contributed by atoms with Crippen LogP contribution in [0, 0.1) is 12.7 Å². The summed E-state index contributed by atoms with van der Waals surface area (Å²) in [6.45, 7) is 3.75. The predicted molar refractivity (Wildman–Crippen MR) is 95.5 cm³/mol. The molecule has 1 fully saturated rings. The van der Waals surface area contributed by atoms with Crippen LogP contribution in [0.25, 0.3) is 11.5 Å². The number of hydrogen-bond donors (Lipinski definition) is 0. The van der Waals surface area contributed by atoms with Crippen molar-refractivity contribution in [2.75, 3.05) is 6.54 Å². The minimum Gasteiger partial charge on any atom is -0.441 e. The van der Waals surface area contributed by atoms with Crippen molar-refractivity contribution in [2.24, 2.45) is 0 Å². The number of aryl methyl sites for hydroxylation is 1. The van der Waals surface area contributed by atoms with Crippen LogP contribution in [-0.2, 0) is 6.54 Å². The molecular formula is C21H21FN2O. The Morgan fingerprint density at radius 2 is 1.88 bits per heavy atom. The molecule has 25 heavy (non-hydrogen) atoms. The van der Waals surface area contributed by atoms with Crippen LogP contribution in [-0.4, -0.2) is 16.4 Å². The van der Waals surface area contributed by atoms with Crippen molar-refractivity contribution in [3.63, 3.8) is 0 Å². The second-order valence-corrected chi connectivity index (χ2v) is 6.57. The van der Waals surface area contributed by atoms with Gasteiger partial charge in [-0.15, -0.1) is 0 Å². The highest BCUT2D eigenvalue weighted by Gasteiger charge is 2.27. The number of halogens is 1. The maximum atomic E-state index is 13.2. The fourth-order valence-corrected chi connectivity index (χ4v) is 3.55. The quantitative estimate of drug-likeness (QED) is 0.662. The Hall–Kier alpha value is -2.46. The second kappa shape index (κ2) is 6.81. The summed E-state index contributed by atoms with van der Waals surface area (Å²) in [4.78, 5) is 7.13. The van der Waals surface area contributed by atoms with E-state index >= 15 is 0 Å². The van der Waals surface area contributed by atoms with Crippen LogP contribution < -0.4 is 0 Å². The van der Waals surface area contributed by atoms with Gasteiger partial charge in [0.15, 0.2) is 0 Å². The molecule has 128 valence electrons. The van der Waals surface area contributed by atoms with E-state index in [2.05, 4.69) is 4.90 Å². The first-order valence-corrected chi connectivity index (χ1v) is 8.72. The molecule has 0 bridgehead atoms. The van der Waals surface area contributed by atoms with E-state index in [1.807, 2.05) is 49.4 Å². The molecule has 0 spiro atoms. The van der Waals surface area contributed by atoms with Crippen molar-refractivity contribution in [3.8, 4) is 11.5 Å². The van der Waals surface area contributed by atoms with Crippen molar-refractivity contribution in [2.45, 2.75) is 32.4 Å². The number of oxazole rings is 1. The van der Waals surface area contributed by atoms with Crippen molar-refractivity contribution in [1.82, 2.24) is 9.88 Å². The third-order valence-corrected chi connectivity index (χ3v) is 4.88. The van der Waals surface area contributed by atoms with Gasteiger partial charge >= 0.3 is 0 Å². The molecule has 1 aromatic heterocycles. The molecule has 1 aliphatic rings. The molecule has 0 radical (unpaired) electrons. The highest BCUT2D eigenvalue weighted by atomic mass is 19.1. The first-order valence-electron chi connectivity index (χ1n) is 8.72. The molecule has 3 aromatic rings. The van der Waals surface area contributed by atoms with Crippen LogP contribution in [0.2, 0.25) is 0 Å². The minimum absolute atomic E-state index is 0.187. The topological polar surface area (TPSA) is 29.3 Å². The Labute approximate surface area is 147 Å². The number of aromatic nitrogens is 1. The first-order chi connectivity index (χ1) is 12.2. The smallest absolute Gasteiger partial charge is 0.226 e. The summed E-state index contributed by atoms with van der Waals surface area (Å²) in [7, 11) is 0. The monoisotopic (exact) mass is 336 g/mol. The Morgan fingerprint density at radius 3 is 2.64 bits per heavy atom. The lowest BCUT2D eigenvalue weighted by atomic mass is 10.0. The van der Waals surface area contributed by atoms with E-state index in [1.54, 1.807) is 12.1 Å². The molecule has 0 saturated carbocycles. The van der Waals surface area contributed by atoms with Gasteiger partial charge in [0.05, 0.1) is 5.69 Å². The summed E-state index contributed by atoms with van der Waals surface area (Å²) in [5, 5.41) is 0. The van der Waals surface area contributed by atoms with E-state index in [9.17, 15) is 4.39 Å². The van der Waals surface area contributed by atoms with Gasteiger partial charge in [-0.25, -0.2) is 9.37 Å². The van der Waals surface area contributed by atoms with Gasteiger partial charge in [0, 0.05) is 18.2 Å². The van der Waals surface area contributed by atoms with Gasteiger partial charge in [0.25, 0.3) is 0 Å². The van der Waals surface area contributed by atoms with E-state index in [-0.39, 0.29) is 5.82 Å². The Kier molecular flexibility index (Phi) is 4.36. The predicted octanol–water partition coefficient (Wildman–Crippen LogP) is 5.13. The average Bonchev–Trinajstić information content (AvgIpc) is 3.24. The molecule has 4 rings (SSSR count). The zero-order valence-electron chi connectivity index (χ0n) is 14.3. The van der Waals surface area contributed by atoms with Crippen molar-refractivity contribution in [3.05, 3.63) is 77.4 Å². The third kappa shape index (κ3) is 3.35. The molecule has 1 unspecified atom stereocenters. The van der Waals surface area contributed by atoms with E-state index in [4.69, 9.17) is 9.40 Å². The molecule has 2 aromatic carbocycles. The molecule has 4 heteroatoms. The molecule has 0 amide bonds. The zero-order valence-corrected chi connectivity index (χ0v) is 14.3. The number of benzene rings is 2. The minimum atomic E-state index is -0.187. The lowest BCUT2D eigenvalue weighted by Gasteiger charge is -2.24. The van der Waals surface area contributed by atoms with Gasteiger partial charge < -0.3 is 4.42 Å². The van der Waals surface area contributed by atoms with Gasteiger partial charge in [-0.2, -0.15) is 0 Å². The maximum Gasteiger partial charge on any atom is 0.226 e. The van der Waals surface area contributed by atoms with Crippen LogP contribution in [0.4, 0.5) is 4.39 Å². The van der Waals surface area contributed by atoms with Gasteiger partial charge in [-0.1, -0.05) is 30.3 Å². The maximum absolute atomic E-state index is 13.2. The fourth-order valence-electron chi connectivity index (χ4n) is 3.55. The number of likely N-dealkylation sites (tertiary alicyclic amines) is 1. The molecule has 1 saturated heterocycles. The van der Waals surface area contributed by atoms with Gasteiger partial charge in [0.1, 0.15) is 11.6 Å². The number of nitrogens with zero attached hydrogens (tertiary/aromatic N) is 2. The molecule has 1 atom stereocenters. The lowest BCUT2D eigenvalue weighted by molar-refractivity contribution is 0.244. The first kappa shape index (κ1) is 16.0. The highest BCUT2D eigenvalue weighted by Crippen LogP contribution is 2.34. The third-order valence-electron chi connectivity index (χ3n) is 4.88. The van der Waals surface area contributed by atoms with Crippen LogP contribution in [0.3, 0.4) is 0 Å². The Bertz CT molecular complexity index is 842. The Morgan fingerprint density at radius 1 is 1.12 bits per heavy atom. The van der Waals surface area contributed by atoms with Crippen molar-refractivity contribution < 1.29 is 8.81 Å². The zero-order chi connectivity index (χ0) is 17.2. The van der Waals surface area contributed by atoms with Crippen LogP contribution in [0.5, 0.6) is 0 Å². The van der Waals surface area contributed by atoms with E-state index in [0.717, 1.165) is 42.9 Å². The molecule has 1 aliphatic heterocycles. The van der Waals surface area contributed by atoms with Gasteiger partial charge in [-0.05, 0) is 56.1 Å². The van der Waals surface area contributed by atoms with Crippen molar-refractivity contribution >= 4 is 0 Å². The molecule has 0 aliphatic carbocycles. The number of rotatable bonds is 4. The second-order valence-electron chi connectivity index (χ2n) is 6.57. The fraction of sp³-hybridized carbons (Fsp3) is 0.286. The Balaban J connectivity index is 1.55. The van der Waals surface area contributed by atoms with Crippen LogP contribution in [0.15, 0.2) is 59.0 Å². The average molecular weight is 336 g/mol. The summed E-state index contributed by atoms with van der Waals surface area (Å²) in [5.74, 6) is 1.35. The summed E-state index contributed by atoms with van der Waals surface area (Å²) in [6, 6.07) is 17.2. The van der Waals surface area contributed by atoms with E-state index < -0.39 is 0 Å². The van der Waals surface area contributed by atoms with Crippen LogP contribution >= 0.6 is 0 Å². The van der Waals surface area contributed by atoms with Gasteiger partial charge in [-0.3, -0.25) is 4.90 Å². The van der Waals surface area contributed by atoms with E-state index in [1.165, 1.54) is 5.56 Å². The summed E-state index contributed by atoms with van der Waals surface area (Å²) in [5.41, 5.74) is 3.14. The van der Waals surface area contributed by atoms with Crippen LogP contribution in [0.1, 0.15) is 35.9 Å². The molecule has 0 N–H and O–H groups in total. The normalized spacial score (nSPS) is 17.9. The highest BCUT2D eigenvalue weighted by molar-refractivity contribution is 5.53. The van der Waals surface area contributed by atoms with E-state index in [0.29, 0.717) is 11.9 Å². The SMILES string of the molecule is Cc1oc(-c2ccccc2)nc1CN1CCCC1c1ccc(F)cc1. The summed E-state index contributed by atoms with van der Waals surface area (Å²) in [6.07, 6.45) is 2.23. The molecular weight excluding hydrogens is 315 g/mol. The summed E-state index contributed by atoms with van der Waals surface area (Å²) < 4.78 is 19.1. The van der Waals surface area contributed by atoms with Crippen molar-refractivity contribution in [1.29, 1.82) is 0 Å². The largest absolute Gasteiger partial charge is 0.441 e. The molecule has 3 nitrogen and oxygen atoms in total. The lowest BCUT2D eigenvalue weighted by Crippen LogP contribution is -2.23. The standard InChI is InChI=1S/C21H21FN2O/c1-15-19(23-21(25-15)17-6-3-2-4-7-17)14-24-13-5-8-20(24)16-9-11-18(22)12-10-16/h2-4,6-7,9-12,20H,5,8,13-14H2,1H3. The molecule has 2 heterocycles.